The van der Waals surface area contributed by atoms with Crippen LogP contribution in [0.3, 0.4) is 0 Å². The molecule has 1 aliphatic rings. The van der Waals surface area contributed by atoms with E-state index in [1.54, 1.807) is 0 Å². The summed E-state index contributed by atoms with van der Waals surface area (Å²) in [7, 11) is 0. The Balaban J connectivity index is 2.33. The molecule has 1 N–H and O–H groups in total. The lowest BCUT2D eigenvalue weighted by molar-refractivity contribution is 0.511. The lowest BCUT2D eigenvalue weighted by Crippen LogP contribution is -2.33. The van der Waals surface area contributed by atoms with Crippen LogP contribution >= 0.6 is 25.3 Å². The number of thiol groups is 2. The number of piperidine rings is 1. The highest BCUT2D eigenvalue weighted by Gasteiger charge is 2.22. The standard InChI is InChI=1S/C5H11NS2/c7-5(8)1-3-6-4-2-5/h6-8H,1-4H2. The van der Waals surface area contributed by atoms with Gasteiger partial charge in [0.15, 0.2) is 0 Å². The zero-order valence-electron chi connectivity index (χ0n) is 4.72. The van der Waals surface area contributed by atoms with Gasteiger partial charge < -0.3 is 5.32 Å². The first-order valence-electron chi connectivity index (χ1n) is 2.86. The van der Waals surface area contributed by atoms with Gasteiger partial charge in [0.1, 0.15) is 0 Å². The van der Waals surface area contributed by atoms with E-state index in [0.29, 0.717) is 0 Å². The monoisotopic (exact) mass is 149 g/mol. The first-order chi connectivity index (χ1) is 3.71. The highest BCUT2D eigenvalue weighted by molar-refractivity contribution is 8.00. The summed E-state index contributed by atoms with van der Waals surface area (Å²) >= 11 is 8.68. The van der Waals surface area contributed by atoms with E-state index in [2.05, 4.69) is 30.6 Å². The minimum absolute atomic E-state index is 0.00521. The number of hydrogen-bond acceptors (Lipinski definition) is 3. The fourth-order valence-electron chi connectivity index (χ4n) is 0.827. The molecule has 0 atom stereocenters. The lowest BCUT2D eigenvalue weighted by atomic mass is 10.1. The maximum Gasteiger partial charge on any atom is 0.0576 e. The van der Waals surface area contributed by atoms with Crippen LogP contribution in [0.2, 0.25) is 0 Å². The molecule has 0 bridgehead atoms. The van der Waals surface area contributed by atoms with Crippen LogP contribution in [-0.2, 0) is 0 Å². The fraction of sp³-hybridized carbons (Fsp3) is 1.00. The van der Waals surface area contributed by atoms with Crippen molar-refractivity contribution in [1.82, 2.24) is 5.32 Å². The molecular formula is C5H11NS2. The molecule has 1 nitrogen and oxygen atoms in total. The Bertz CT molecular complexity index is 74.5. The molecule has 0 radical (unpaired) electrons. The third-order valence-electron chi connectivity index (χ3n) is 1.40. The first kappa shape index (κ1) is 6.78. The summed E-state index contributed by atoms with van der Waals surface area (Å²) in [6, 6.07) is 0. The van der Waals surface area contributed by atoms with E-state index < -0.39 is 0 Å². The van der Waals surface area contributed by atoms with Gasteiger partial charge in [-0.05, 0) is 25.9 Å². The predicted molar refractivity (Wildman–Crippen MR) is 42.8 cm³/mol. The average Bonchev–Trinajstić information content (AvgIpc) is 1.65. The normalized spacial score (nSPS) is 27.8. The second-order valence-corrected chi connectivity index (χ2v) is 4.30. The minimum Gasteiger partial charge on any atom is -0.317 e. The van der Waals surface area contributed by atoms with Gasteiger partial charge in [-0.15, -0.1) is 0 Å². The van der Waals surface area contributed by atoms with E-state index in [1.165, 1.54) is 0 Å². The summed E-state index contributed by atoms with van der Waals surface area (Å²) in [4.78, 5) is 0. The molecule has 1 fully saturated rings. The molecule has 3 heteroatoms. The van der Waals surface area contributed by atoms with Crippen molar-refractivity contribution in [3.05, 3.63) is 0 Å². The minimum atomic E-state index is 0.00521. The van der Waals surface area contributed by atoms with E-state index in [1.807, 2.05) is 0 Å². The third kappa shape index (κ3) is 1.88. The van der Waals surface area contributed by atoms with Crippen LogP contribution in [-0.4, -0.2) is 17.2 Å². The van der Waals surface area contributed by atoms with Gasteiger partial charge in [0.25, 0.3) is 0 Å². The molecule has 8 heavy (non-hydrogen) atoms. The Morgan fingerprint density at radius 3 is 1.88 bits per heavy atom. The van der Waals surface area contributed by atoms with Crippen molar-refractivity contribution in [3.63, 3.8) is 0 Å². The highest BCUT2D eigenvalue weighted by atomic mass is 32.2. The van der Waals surface area contributed by atoms with Crippen LogP contribution < -0.4 is 5.32 Å². The van der Waals surface area contributed by atoms with Crippen molar-refractivity contribution in [3.8, 4) is 0 Å². The Labute approximate surface area is 61.1 Å². The summed E-state index contributed by atoms with van der Waals surface area (Å²) in [5.74, 6) is 0. The summed E-state index contributed by atoms with van der Waals surface area (Å²) in [6.07, 6.45) is 2.14. The first-order valence-corrected chi connectivity index (χ1v) is 3.76. The molecule has 0 aromatic rings. The maximum absolute atomic E-state index is 4.34. The molecule has 48 valence electrons. The molecule has 0 unspecified atom stereocenters. The van der Waals surface area contributed by atoms with Gasteiger partial charge in [0.05, 0.1) is 4.08 Å². The summed E-state index contributed by atoms with van der Waals surface area (Å²) in [5, 5.41) is 3.24. The maximum atomic E-state index is 4.34. The van der Waals surface area contributed by atoms with Crippen molar-refractivity contribution in [1.29, 1.82) is 0 Å². The Hall–Kier alpha value is 0.660. The second kappa shape index (κ2) is 2.50. The Morgan fingerprint density at radius 2 is 1.62 bits per heavy atom. The quantitative estimate of drug-likeness (QED) is 0.344. The Morgan fingerprint density at radius 1 is 1.12 bits per heavy atom. The average molecular weight is 149 g/mol. The third-order valence-corrected chi connectivity index (χ3v) is 2.30. The van der Waals surface area contributed by atoms with Gasteiger partial charge in [-0.25, -0.2) is 0 Å². The van der Waals surface area contributed by atoms with Crippen molar-refractivity contribution in [2.24, 2.45) is 0 Å². The molecule has 0 aliphatic carbocycles. The van der Waals surface area contributed by atoms with E-state index in [9.17, 15) is 0 Å². The molecule has 1 rings (SSSR count). The smallest absolute Gasteiger partial charge is 0.0576 e. The van der Waals surface area contributed by atoms with E-state index in [-0.39, 0.29) is 4.08 Å². The summed E-state index contributed by atoms with van der Waals surface area (Å²) < 4.78 is 0.00521. The zero-order chi connectivity index (χ0) is 6.04. The van der Waals surface area contributed by atoms with Crippen LogP contribution in [0.5, 0.6) is 0 Å². The van der Waals surface area contributed by atoms with Crippen LogP contribution in [0.1, 0.15) is 12.8 Å². The Kier molecular flexibility index (Phi) is 2.12. The van der Waals surface area contributed by atoms with Gasteiger partial charge >= 0.3 is 0 Å². The second-order valence-electron chi connectivity index (χ2n) is 2.23. The predicted octanol–water partition coefficient (Wildman–Crippen LogP) is 0.926. The molecule has 1 heterocycles. The fourth-order valence-corrected chi connectivity index (χ4v) is 1.27. The molecule has 0 saturated carbocycles. The van der Waals surface area contributed by atoms with Crippen LogP contribution in [0.4, 0.5) is 0 Å². The zero-order valence-corrected chi connectivity index (χ0v) is 6.51. The van der Waals surface area contributed by atoms with Gasteiger partial charge in [-0.1, -0.05) is 0 Å². The van der Waals surface area contributed by atoms with Crippen molar-refractivity contribution in [2.75, 3.05) is 13.1 Å². The molecule has 1 aliphatic heterocycles. The van der Waals surface area contributed by atoms with E-state index in [0.717, 1.165) is 25.9 Å². The topological polar surface area (TPSA) is 12.0 Å². The van der Waals surface area contributed by atoms with Crippen LogP contribution in [0, 0.1) is 0 Å². The SMILES string of the molecule is SC1(S)CCNCC1. The van der Waals surface area contributed by atoms with Gasteiger partial charge in [-0.2, -0.15) is 25.3 Å². The molecular weight excluding hydrogens is 138 g/mol. The van der Waals surface area contributed by atoms with Crippen LogP contribution in [0.25, 0.3) is 0 Å². The number of hydrogen-bond donors (Lipinski definition) is 3. The van der Waals surface area contributed by atoms with E-state index in [4.69, 9.17) is 0 Å². The summed E-state index contributed by atoms with van der Waals surface area (Å²) in [5.41, 5.74) is 0. The van der Waals surface area contributed by atoms with Crippen LogP contribution in [0.15, 0.2) is 0 Å². The molecule has 0 spiro atoms. The van der Waals surface area contributed by atoms with Gasteiger partial charge in [0, 0.05) is 0 Å². The summed E-state index contributed by atoms with van der Waals surface area (Å²) in [6.45, 7) is 2.12. The molecule has 1 saturated heterocycles. The highest BCUT2D eigenvalue weighted by Crippen LogP contribution is 2.28. The van der Waals surface area contributed by atoms with Crippen molar-refractivity contribution in [2.45, 2.75) is 16.9 Å². The van der Waals surface area contributed by atoms with E-state index >= 15 is 0 Å². The lowest BCUT2D eigenvalue weighted by Gasteiger charge is -2.27. The van der Waals surface area contributed by atoms with Crippen molar-refractivity contribution < 1.29 is 0 Å². The molecule has 0 amide bonds. The van der Waals surface area contributed by atoms with Crippen molar-refractivity contribution >= 4 is 25.3 Å². The molecule has 0 aromatic heterocycles. The number of rotatable bonds is 0. The van der Waals surface area contributed by atoms with Gasteiger partial charge in [-0.3, -0.25) is 0 Å². The number of nitrogens with one attached hydrogen (secondary N) is 1. The van der Waals surface area contributed by atoms with Gasteiger partial charge in [0.2, 0.25) is 0 Å². The molecule has 0 aromatic carbocycles. The largest absolute Gasteiger partial charge is 0.317 e.